The van der Waals surface area contributed by atoms with Gasteiger partial charge in [-0.1, -0.05) is 19.8 Å². The molecule has 18 heavy (non-hydrogen) atoms. The van der Waals surface area contributed by atoms with Gasteiger partial charge in [-0.2, -0.15) is 0 Å². The molecule has 0 bridgehead atoms. The van der Waals surface area contributed by atoms with Crippen LogP contribution in [0.4, 0.5) is 0 Å². The van der Waals surface area contributed by atoms with Crippen LogP contribution in [-0.4, -0.2) is 54.5 Å². The molecule has 1 saturated heterocycles. The Hall–Kier alpha value is -0.610. The highest BCUT2D eigenvalue weighted by molar-refractivity contribution is 5.81. The molecule has 1 unspecified atom stereocenters. The first-order chi connectivity index (χ1) is 8.70. The van der Waals surface area contributed by atoms with Crippen LogP contribution in [0, 0.1) is 0 Å². The van der Waals surface area contributed by atoms with Crippen LogP contribution in [0.25, 0.3) is 0 Å². The van der Waals surface area contributed by atoms with Gasteiger partial charge in [0.25, 0.3) is 0 Å². The van der Waals surface area contributed by atoms with Crippen molar-refractivity contribution >= 4 is 5.91 Å². The molecule has 1 amide bonds. The normalized spacial score (nSPS) is 18.8. The van der Waals surface area contributed by atoms with Crippen LogP contribution < -0.4 is 5.73 Å². The first kappa shape index (κ1) is 15.4. The number of nitrogens with zero attached hydrogens (tertiary/aromatic N) is 2. The molecule has 0 saturated carbocycles. The zero-order valence-electron chi connectivity index (χ0n) is 12.0. The SMILES string of the molecule is CCCN(CCN)C(C)C(=O)N1CCCCCC1. The molecule has 0 aliphatic carbocycles. The molecule has 1 atom stereocenters. The summed E-state index contributed by atoms with van der Waals surface area (Å²) < 4.78 is 0. The first-order valence-electron chi connectivity index (χ1n) is 7.43. The molecule has 1 rings (SSSR count). The molecule has 0 aromatic carbocycles. The van der Waals surface area contributed by atoms with Gasteiger partial charge in [0.2, 0.25) is 5.91 Å². The summed E-state index contributed by atoms with van der Waals surface area (Å²) in [5, 5.41) is 0. The van der Waals surface area contributed by atoms with E-state index in [0.29, 0.717) is 12.5 Å². The van der Waals surface area contributed by atoms with Crippen molar-refractivity contribution in [2.24, 2.45) is 5.73 Å². The van der Waals surface area contributed by atoms with Gasteiger partial charge in [0.05, 0.1) is 6.04 Å². The quantitative estimate of drug-likeness (QED) is 0.781. The van der Waals surface area contributed by atoms with Crippen molar-refractivity contribution in [2.45, 2.75) is 52.0 Å². The third kappa shape index (κ3) is 4.58. The fourth-order valence-corrected chi connectivity index (χ4v) is 2.66. The van der Waals surface area contributed by atoms with Crippen LogP contribution in [0.5, 0.6) is 0 Å². The molecular formula is C14H29N3O. The number of carbonyl (C=O) groups is 1. The van der Waals surface area contributed by atoms with E-state index in [2.05, 4.69) is 16.7 Å². The Morgan fingerprint density at radius 1 is 1.22 bits per heavy atom. The third-order valence-corrected chi connectivity index (χ3v) is 3.75. The molecule has 1 aliphatic heterocycles. The minimum absolute atomic E-state index is 0.0217. The Morgan fingerprint density at radius 2 is 1.83 bits per heavy atom. The summed E-state index contributed by atoms with van der Waals surface area (Å²) in [5.74, 6) is 0.291. The maximum atomic E-state index is 12.5. The Kier molecular flexibility index (Phi) is 7.28. The van der Waals surface area contributed by atoms with Gasteiger partial charge >= 0.3 is 0 Å². The fraction of sp³-hybridized carbons (Fsp3) is 0.929. The summed E-state index contributed by atoms with van der Waals surface area (Å²) in [5.41, 5.74) is 5.63. The highest BCUT2D eigenvalue weighted by Crippen LogP contribution is 2.13. The van der Waals surface area contributed by atoms with Crippen molar-refractivity contribution in [2.75, 3.05) is 32.7 Å². The van der Waals surface area contributed by atoms with Gasteiger partial charge < -0.3 is 10.6 Å². The van der Waals surface area contributed by atoms with E-state index in [1.165, 1.54) is 12.8 Å². The molecule has 4 heteroatoms. The van der Waals surface area contributed by atoms with Crippen LogP contribution in [0.3, 0.4) is 0 Å². The second kappa shape index (κ2) is 8.48. The molecule has 106 valence electrons. The zero-order valence-corrected chi connectivity index (χ0v) is 12.0. The largest absolute Gasteiger partial charge is 0.341 e. The molecule has 4 nitrogen and oxygen atoms in total. The standard InChI is InChI=1S/C14H29N3O/c1-3-9-16(12-8-15)13(2)14(18)17-10-6-4-5-7-11-17/h13H,3-12,15H2,1-2H3. The highest BCUT2D eigenvalue weighted by atomic mass is 16.2. The monoisotopic (exact) mass is 255 g/mol. The predicted molar refractivity (Wildman–Crippen MR) is 75.4 cm³/mol. The zero-order chi connectivity index (χ0) is 13.4. The predicted octanol–water partition coefficient (Wildman–Crippen LogP) is 1.45. The summed E-state index contributed by atoms with van der Waals surface area (Å²) in [4.78, 5) is 16.8. The average molecular weight is 255 g/mol. The van der Waals surface area contributed by atoms with Crippen LogP contribution in [0.2, 0.25) is 0 Å². The Bertz CT molecular complexity index is 231. The third-order valence-electron chi connectivity index (χ3n) is 3.75. The number of hydrogen-bond acceptors (Lipinski definition) is 3. The number of rotatable bonds is 6. The smallest absolute Gasteiger partial charge is 0.239 e. The molecular weight excluding hydrogens is 226 g/mol. The van der Waals surface area contributed by atoms with E-state index in [-0.39, 0.29) is 6.04 Å². The van der Waals surface area contributed by atoms with Crippen molar-refractivity contribution in [3.05, 3.63) is 0 Å². The molecule has 0 aromatic heterocycles. The van der Waals surface area contributed by atoms with E-state index in [0.717, 1.165) is 45.4 Å². The molecule has 2 N–H and O–H groups in total. The number of hydrogen-bond donors (Lipinski definition) is 1. The number of amides is 1. The van der Waals surface area contributed by atoms with Gasteiger partial charge in [-0.15, -0.1) is 0 Å². The van der Waals surface area contributed by atoms with E-state index in [1.807, 2.05) is 6.92 Å². The van der Waals surface area contributed by atoms with E-state index in [9.17, 15) is 4.79 Å². The Morgan fingerprint density at radius 3 is 2.33 bits per heavy atom. The van der Waals surface area contributed by atoms with E-state index < -0.39 is 0 Å². The maximum Gasteiger partial charge on any atom is 0.239 e. The lowest BCUT2D eigenvalue weighted by molar-refractivity contribution is -0.136. The maximum absolute atomic E-state index is 12.5. The van der Waals surface area contributed by atoms with Crippen LogP contribution >= 0.6 is 0 Å². The Labute approximate surface area is 111 Å². The van der Waals surface area contributed by atoms with E-state index in [4.69, 9.17) is 5.73 Å². The second-order valence-corrected chi connectivity index (χ2v) is 5.24. The van der Waals surface area contributed by atoms with Gasteiger partial charge in [0.1, 0.15) is 0 Å². The first-order valence-corrected chi connectivity index (χ1v) is 7.43. The fourth-order valence-electron chi connectivity index (χ4n) is 2.66. The van der Waals surface area contributed by atoms with Gasteiger partial charge in [-0.25, -0.2) is 0 Å². The minimum Gasteiger partial charge on any atom is -0.341 e. The van der Waals surface area contributed by atoms with Crippen LogP contribution in [0.1, 0.15) is 46.0 Å². The molecule has 0 aromatic rings. The van der Waals surface area contributed by atoms with Crippen molar-refractivity contribution in [3.63, 3.8) is 0 Å². The lowest BCUT2D eigenvalue weighted by atomic mass is 10.2. The van der Waals surface area contributed by atoms with Gasteiger partial charge in [-0.05, 0) is 32.7 Å². The molecule has 0 spiro atoms. The Balaban J connectivity index is 2.55. The topological polar surface area (TPSA) is 49.6 Å². The second-order valence-electron chi connectivity index (χ2n) is 5.24. The number of carbonyl (C=O) groups excluding carboxylic acids is 1. The summed E-state index contributed by atoms with van der Waals surface area (Å²) >= 11 is 0. The molecule has 1 fully saturated rings. The lowest BCUT2D eigenvalue weighted by Crippen LogP contribution is -2.49. The van der Waals surface area contributed by atoms with Crippen molar-refractivity contribution in [3.8, 4) is 0 Å². The molecule has 1 heterocycles. The van der Waals surface area contributed by atoms with E-state index in [1.54, 1.807) is 0 Å². The van der Waals surface area contributed by atoms with Crippen LogP contribution in [-0.2, 0) is 4.79 Å². The van der Waals surface area contributed by atoms with Gasteiger partial charge in [-0.3, -0.25) is 9.69 Å². The summed E-state index contributed by atoms with van der Waals surface area (Å²) in [6.45, 7) is 8.44. The minimum atomic E-state index is -0.0217. The lowest BCUT2D eigenvalue weighted by Gasteiger charge is -2.32. The molecule has 0 radical (unpaired) electrons. The summed E-state index contributed by atoms with van der Waals surface area (Å²) in [6, 6.07) is -0.0217. The van der Waals surface area contributed by atoms with Crippen molar-refractivity contribution in [1.29, 1.82) is 0 Å². The van der Waals surface area contributed by atoms with Crippen LogP contribution in [0.15, 0.2) is 0 Å². The summed E-state index contributed by atoms with van der Waals surface area (Å²) in [6.07, 6.45) is 5.91. The van der Waals surface area contributed by atoms with Crippen molar-refractivity contribution < 1.29 is 4.79 Å². The van der Waals surface area contributed by atoms with Gasteiger partial charge in [0.15, 0.2) is 0 Å². The van der Waals surface area contributed by atoms with Crippen molar-refractivity contribution in [1.82, 2.24) is 9.80 Å². The summed E-state index contributed by atoms with van der Waals surface area (Å²) in [7, 11) is 0. The van der Waals surface area contributed by atoms with Gasteiger partial charge in [0, 0.05) is 26.2 Å². The number of likely N-dealkylation sites (tertiary alicyclic amines) is 1. The average Bonchev–Trinajstić information content (AvgIpc) is 2.65. The number of nitrogens with two attached hydrogens (primary N) is 1. The highest BCUT2D eigenvalue weighted by Gasteiger charge is 2.25. The molecule has 1 aliphatic rings. The van der Waals surface area contributed by atoms with E-state index >= 15 is 0 Å².